The molecule has 0 bridgehead atoms. The van der Waals surface area contributed by atoms with Gasteiger partial charge in [-0.1, -0.05) is 78.1 Å². The van der Waals surface area contributed by atoms with Crippen LogP contribution in [0.1, 0.15) is 129 Å². The average Bonchev–Trinajstić information content (AvgIpc) is 2.94. The fraction of sp³-hybridized carbons (Fsp3) is 0.750. The van der Waals surface area contributed by atoms with Gasteiger partial charge in [0, 0.05) is 0 Å². The van der Waals surface area contributed by atoms with Gasteiger partial charge in [-0.15, -0.1) is 0 Å². The predicted octanol–water partition coefficient (Wildman–Crippen LogP) is 9.33. The first-order valence-electron chi connectivity index (χ1n) is 15.3. The van der Waals surface area contributed by atoms with Crippen molar-refractivity contribution in [2.45, 2.75) is 129 Å². The highest BCUT2D eigenvalue weighted by Gasteiger charge is 2.31. The Bertz CT molecular complexity index is 799. The number of benzene rings is 1. The van der Waals surface area contributed by atoms with E-state index in [1.54, 1.807) is 0 Å². The maximum absolute atomic E-state index is 14.7. The lowest BCUT2D eigenvalue weighted by atomic mass is 9.80. The molecule has 0 amide bonds. The standard InChI is InChI=1S/C32H48F2O4/c1-3-5-7-9-11-23-13-17-25(18-14-23)31(35)37-27-21-22-28(30(34)29(27)33)38-32(36)26-19-15-24(16-20-26)12-10-8-6-4-2/h21-26H,3-20H2,1-2H3/t23-,24-,25-,26-. The second kappa shape index (κ2) is 16.2. The first kappa shape index (κ1) is 30.6. The molecule has 1 aromatic carbocycles. The average molecular weight is 535 g/mol. The summed E-state index contributed by atoms with van der Waals surface area (Å²) in [5, 5.41) is 0. The SMILES string of the molecule is CCCCCC[C@H]1CC[C@H](C(=O)Oc2ccc(OC(=O)[C@H]3CC[C@H](CCCCCC)CC3)c(F)c2F)CC1. The van der Waals surface area contributed by atoms with Gasteiger partial charge in [-0.05, 0) is 75.3 Å². The number of ether oxygens (including phenoxy) is 2. The lowest BCUT2D eigenvalue weighted by Crippen LogP contribution is -2.27. The molecule has 0 radical (unpaired) electrons. The maximum Gasteiger partial charge on any atom is 0.314 e. The van der Waals surface area contributed by atoms with E-state index in [0.717, 1.165) is 51.4 Å². The molecule has 0 spiro atoms. The summed E-state index contributed by atoms with van der Waals surface area (Å²) in [4.78, 5) is 25.3. The molecule has 0 aliphatic heterocycles. The van der Waals surface area contributed by atoms with E-state index in [1.807, 2.05) is 0 Å². The van der Waals surface area contributed by atoms with Crippen molar-refractivity contribution in [3.05, 3.63) is 23.8 Å². The number of esters is 2. The molecule has 0 heterocycles. The third kappa shape index (κ3) is 9.34. The van der Waals surface area contributed by atoms with Gasteiger partial charge in [0.25, 0.3) is 0 Å². The Hall–Kier alpha value is -1.98. The van der Waals surface area contributed by atoms with Gasteiger partial charge in [-0.2, -0.15) is 8.78 Å². The third-order valence-electron chi connectivity index (χ3n) is 8.72. The Morgan fingerprint density at radius 2 is 1.00 bits per heavy atom. The number of unbranched alkanes of at least 4 members (excludes halogenated alkanes) is 6. The number of rotatable bonds is 14. The van der Waals surface area contributed by atoms with E-state index in [9.17, 15) is 18.4 Å². The van der Waals surface area contributed by atoms with E-state index < -0.39 is 35.1 Å². The minimum absolute atomic E-state index is 0.288. The minimum Gasteiger partial charge on any atom is -0.423 e. The van der Waals surface area contributed by atoms with Crippen LogP contribution in [0.2, 0.25) is 0 Å². The first-order valence-corrected chi connectivity index (χ1v) is 15.3. The van der Waals surface area contributed by atoms with E-state index in [0.29, 0.717) is 11.8 Å². The van der Waals surface area contributed by atoms with E-state index in [-0.39, 0.29) is 11.8 Å². The zero-order valence-corrected chi connectivity index (χ0v) is 23.6. The van der Waals surface area contributed by atoms with Crippen LogP contribution >= 0.6 is 0 Å². The summed E-state index contributed by atoms with van der Waals surface area (Å²) in [6.07, 6.45) is 19.1. The van der Waals surface area contributed by atoms with Crippen molar-refractivity contribution in [3.8, 4) is 11.5 Å². The summed E-state index contributed by atoms with van der Waals surface area (Å²) < 4.78 is 40.0. The van der Waals surface area contributed by atoms with Crippen molar-refractivity contribution >= 4 is 11.9 Å². The van der Waals surface area contributed by atoms with Gasteiger partial charge in [0.15, 0.2) is 11.5 Å². The molecule has 2 aliphatic carbocycles. The number of carbonyl (C=O) groups excluding carboxylic acids is 2. The summed E-state index contributed by atoms with van der Waals surface area (Å²) in [6, 6.07) is 2.37. The molecule has 2 aliphatic rings. The second-order valence-corrected chi connectivity index (χ2v) is 11.7. The highest BCUT2D eigenvalue weighted by molar-refractivity contribution is 5.76. The van der Waals surface area contributed by atoms with Gasteiger partial charge < -0.3 is 9.47 Å². The second-order valence-electron chi connectivity index (χ2n) is 11.7. The fourth-order valence-electron chi connectivity index (χ4n) is 6.15. The van der Waals surface area contributed by atoms with Gasteiger partial charge in [0.1, 0.15) is 0 Å². The number of carbonyl (C=O) groups is 2. The zero-order chi connectivity index (χ0) is 27.3. The third-order valence-corrected chi connectivity index (χ3v) is 8.72. The van der Waals surface area contributed by atoms with Crippen LogP contribution in [0.15, 0.2) is 12.1 Å². The smallest absolute Gasteiger partial charge is 0.314 e. The first-order chi connectivity index (χ1) is 18.4. The molecule has 2 fully saturated rings. The van der Waals surface area contributed by atoms with Crippen LogP contribution in [0.4, 0.5) is 8.78 Å². The van der Waals surface area contributed by atoms with Crippen molar-refractivity contribution in [1.82, 2.24) is 0 Å². The van der Waals surface area contributed by atoms with Crippen molar-refractivity contribution in [2.24, 2.45) is 23.7 Å². The minimum atomic E-state index is -1.29. The maximum atomic E-state index is 14.7. The van der Waals surface area contributed by atoms with Crippen LogP contribution in [0, 0.1) is 35.3 Å². The van der Waals surface area contributed by atoms with Crippen LogP contribution < -0.4 is 9.47 Å². The number of halogens is 2. The normalized spacial score (nSPS) is 23.7. The molecule has 1 aromatic rings. The zero-order valence-electron chi connectivity index (χ0n) is 23.6. The molecule has 4 nitrogen and oxygen atoms in total. The summed E-state index contributed by atoms with van der Waals surface area (Å²) in [6.45, 7) is 4.40. The molecule has 0 atom stereocenters. The molecule has 0 saturated heterocycles. The number of hydrogen-bond acceptors (Lipinski definition) is 4. The topological polar surface area (TPSA) is 52.6 Å². The van der Waals surface area contributed by atoms with Gasteiger partial charge in [-0.3, -0.25) is 9.59 Å². The summed E-state index contributed by atoms with van der Waals surface area (Å²) >= 11 is 0. The molecule has 2 saturated carbocycles. The highest BCUT2D eigenvalue weighted by atomic mass is 19.2. The molecule has 0 aromatic heterocycles. The van der Waals surface area contributed by atoms with Crippen LogP contribution in [0.3, 0.4) is 0 Å². The van der Waals surface area contributed by atoms with Crippen molar-refractivity contribution in [2.75, 3.05) is 0 Å². The van der Waals surface area contributed by atoms with Gasteiger partial charge in [-0.25, -0.2) is 0 Å². The van der Waals surface area contributed by atoms with E-state index >= 15 is 0 Å². The van der Waals surface area contributed by atoms with Crippen molar-refractivity contribution in [1.29, 1.82) is 0 Å². The van der Waals surface area contributed by atoms with Crippen molar-refractivity contribution in [3.63, 3.8) is 0 Å². The fourth-order valence-corrected chi connectivity index (χ4v) is 6.15. The molecular weight excluding hydrogens is 486 g/mol. The van der Waals surface area contributed by atoms with Crippen molar-refractivity contribution < 1.29 is 27.8 Å². The van der Waals surface area contributed by atoms with Crippen LogP contribution in [0.5, 0.6) is 11.5 Å². The van der Waals surface area contributed by atoms with Gasteiger partial charge >= 0.3 is 11.9 Å². The largest absolute Gasteiger partial charge is 0.423 e. The molecule has 0 N–H and O–H groups in total. The highest BCUT2D eigenvalue weighted by Crippen LogP contribution is 2.36. The Labute approximate surface area is 228 Å². The summed E-state index contributed by atoms with van der Waals surface area (Å²) in [7, 11) is 0. The van der Waals surface area contributed by atoms with Crippen LogP contribution in [-0.4, -0.2) is 11.9 Å². The van der Waals surface area contributed by atoms with Crippen LogP contribution in [0.25, 0.3) is 0 Å². The summed E-state index contributed by atoms with van der Waals surface area (Å²) in [5.41, 5.74) is 0. The quantitative estimate of drug-likeness (QED) is 0.136. The molecular formula is C32H48F2O4. The Kier molecular flexibility index (Phi) is 13.0. The van der Waals surface area contributed by atoms with Gasteiger partial charge in [0.05, 0.1) is 11.8 Å². The molecule has 3 rings (SSSR count). The van der Waals surface area contributed by atoms with Gasteiger partial charge in [0.2, 0.25) is 11.6 Å². The lowest BCUT2D eigenvalue weighted by Gasteiger charge is -2.27. The molecule has 6 heteroatoms. The van der Waals surface area contributed by atoms with E-state index in [1.165, 1.54) is 76.3 Å². The number of hydrogen-bond donors (Lipinski definition) is 0. The summed E-state index contributed by atoms with van der Waals surface area (Å²) in [5.74, 6) is -3.79. The molecule has 0 unspecified atom stereocenters. The lowest BCUT2D eigenvalue weighted by molar-refractivity contribution is -0.141. The Morgan fingerprint density at radius 1 is 0.632 bits per heavy atom. The monoisotopic (exact) mass is 534 g/mol. The Morgan fingerprint density at radius 3 is 1.34 bits per heavy atom. The molecule has 214 valence electrons. The predicted molar refractivity (Wildman–Crippen MR) is 146 cm³/mol. The van der Waals surface area contributed by atoms with E-state index in [4.69, 9.17) is 9.47 Å². The molecule has 38 heavy (non-hydrogen) atoms. The Balaban J connectivity index is 1.43. The van der Waals surface area contributed by atoms with Crippen LogP contribution in [-0.2, 0) is 9.59 Å². The van der Waals surface area contributed by atoms with E-state index in [2.05, 4.69) is 13.8 Å².